The Balaban J connectivity index is 2.31. The lowest BCUT2D eigenvalue weighted by molar-refractivity contribution is -0.136. The summed E-state index contributed by atoms with van der Waals surface area (Å²) >= 11 is 1.80. The average molecular weight is 576 g/mol. The van der Waals surface area contributed by atoms with Gasteiger partial charge >= 0.3 is 5.97 Å². The molecule has 1 unspecified atom stereocenters. The molecule has 0 saturated carbocycles. The third-order valence-corrected chi connectivity index (χ3v) is 14.5. The van der Waals surface area contributed by atoms with Crippen molar-refractivity contribution in [3.63, 3.8) is 0 Å². The lowest BCUT2D eigenvalue weighted by Gasteiger charge is -2.43. The summed E-state index contributed by atoms with van der Waals surface area (Å²) in [7, 11) is -1.94. The van der Waals surface area contributed by atoms with Crippen LogP contribution in [0.1, 0.15) is 94.7 Å². The SMILES string of the molecule is CCC(CC)(c1ccc(OCC(O[Si](C)(C)C(C)(C)C)C(C)(C)C)c(C)c1)c1cc(C)c(CNCC(=O)O)s1. The minimum Gasteiger partial charge on any atom is -0.491 e. The van der Waals surface area contributed by atoms with Crippen LogP contribution in [-0.4, -0.2) is 38.6 Å². The molecule has 2 aromatic rings. The first-order valence-electron chi connectivity index (χ1n) is 14.3. The van der Waals surface area contributed by atoms with Gasteiger partial charge in [0, 0.05) is 21.7 Å². The highest BCUT2D eigenvalue weighted by Crippen LogP contribution is 2.44. The molecule has 0 radical (unpaired) electrons. The van der Waals surface area contributed by atoms with Crippen molar-refractivity contribution in [2.45, 2.75) is 118 Å². The number of carbonyl (C=O) groups is 1. The van der Waals surface area contributed by atoms with Crippen molar-refractivity contribution in [2.75, 3.05) is 13.2 Å². The van der Waals surface area contributed by atoms with Gasteiger partial charge in [-0.1, -0.05) is 67.5 Å². The number of aryl methyl sites for hydroxylation is 2. The van der Waals surface area contributed by atoms with E-state index >= 15 is 0 Å². The van der Waals surface area contributed by atoms with Crippen LogP contribution in [0.5, 0.6) is 5.75 Å². The van der Waals surface area contributed by atoms with E-state index in [4.69, 9.17) is 14.3 Å². The summed E-state index contributed by atoms with van der Waals surface area (Å²) in [6.45, 7) is 28.0. The fourth-order valence-electron chi connectivity index (χ4n) is 4.63. The van der Waals surface area contributed by atoms with Gasteiger partial charge < -0.3 is 19.6 Å². The van der Waals surface area contributed by atoms with E-state index in [0.29, 0.717) is 13.2 Å². The number of hydrogen-bond donors (Lipinski definition) is 2. The van der Waals surface area contributed by atoms with Crippen molar-refractivity contribution in [1.29, 1.82) is 0 Å². The van der Waals surface area contributed by atoms with E-state index in [2.05, 4.69) is 112 Å². The number of nitrogens with one attached hydrogen (secondary N) is 1. The Morgan fingerprint density at radius 2 is 1.64 bits per heavy atom. The highest BCUT2D eigenvalue weighted by atomic mass is 32.1. The zero-order valence-electron chi connectivity index (χ0n) is 26.5. The van der Waals surface area contributed by atoms with E-state index in [0.717, 1.165) is 24.2 Å². The second-order valence-corrected chi connectivity index (χ2v) is 19.4. The van der Waals surface area contributed by atoms with E-state index in [-0.39, 0.29) is 28.5 Å². The van der Waals surface area contributed by atoms with Crippen molar-refractivity contribution in [2.24, 2.45) is 5.41 Å². The van der Waals surface area contributed by atoms with Gasteiger partial charge in [0.05, 0.1) is 12.6 Å². The molecule has 0 spiro atoms. The average Bonchev–Trinajstić information content (AvgIpc) is 3.17. The first-order valence-corrected chi connectivity index (χ1v) is 18.0. The van der Waals surface area contributed by atoms with Crippen molar-refractivity contribution < 1.29 is 19.1 Å². The molecule has 7 heteroatoms. The molecule has 0 fully saturated rings. The van der Waals surface area contributed by atoms with E-state index in [1.807, 2.05) is 0 Å². The van der Waals surface area contributed by atoms with E-state index in [9.17, 15) is 4.79 Å². The molecule has 0 aliphatic rings. The fraction of sp³-hybridized carbons (Fsp3) is 0.656. The van der Waals surface area contributed by atoms with Crippen LogP contribution in [0.15, 0.2) is 24.3 Å². The van der Waals surface area contributed by atoms with Crippen molar-refractivity contribution >= 4 is 25.6 Å². The Kier molecular flexibility index (Phi) is 11.1. The standard InChI is InChI=1S/C32H53NO4SSi/c1-13-32(14-2,28-18-23(4)26(38-28)19-33-20-29(34)35)24-15-16-25(22(3)17-24)36-21-27(30(5,6)7)37-39(11,12)31(8,9)10/h15-18,27,33H,13-14,19-21H2,1-12H3,(H,34,35). The van der Waals surface area contributed by atoms with Crippen molar-refractivity contribution in [1.82, 2.24) is 5.32 Å². The summed E-state index contributed by atoms with van der Waals surface area (Å²) in [5, 5.41) is 12.2. The maximum atomic E-state index is 10.9. The summed E-state index contributed by atoms with van der Waals surface area (Å²) in [5.41, 5.74) is 3.52. The van der Waals surface area contributed by atoms with Gasteiger partial charge in [0.2, 0.25) is 0 Å². The van der Waals surface area contributed by atoms with Gasteiger partial charge in [-0.25, -0.2) is 0 Å². The molecule has 1 aromatic heterocycles. The number of rotatable bonds is 13. The minimum atomic E-state index is -1.94. The monoisotopic (exact) mass is 575 g/mol. The zero-order valence-corrected chi connectivity index (χ0v) is 28.3. The Hall–Kier alpha value is -1.67. The van der Waals surface area contributed by atoms with Crippen LogP contribution in [0.2, 0.25) is 18.1 Å². The van der Waals surface area contributed by atoms with Gasteiger partial charge in [-0.15, -0.1) is 11.3 Å². The molecule has 2 N–H and O–H groups in total. The predicted molar refractivity (Wildman–Crippen MR) is 168 cm³/mol. The summed E-state index contributed by atoms with van der Waals surface area (Å²) in [5.74, 6) is 0.0768. The topological polar surface area (TPSA) is 67.8 Å². The van der Waals surface area contributed by atoms with Crippen LogP contribution in [0.3, 0.4) is 0 Å². The van der Waals surface area contributed by atoms with Crippen LogP contribution in [0.25, 0.3) is 0 Å². The number of ether oxygens (including phenoxy) is 1. The van der Waals surface area contributed by atoms with E-state index in [1.54, 1.807) is 11.3 Å². The maximum absolute atomic E-state index is 10.9. The third-order valence-electron chi connectivity index (χ3n) is 8.59. The number of carboxylic acids is 1. The van der Waals surface area contributed by atoms with Crippen LogP contribution < -0.4 is 10.1 Å². The van der Waals surface area contributed by atoms with Crippen LogP contribution in [0, 0.1) is 19.3 Å². The highest BCUT2D eigenvalue weighted by Gasteiger charge is 2.42. The van der Waals surface area contributed by atoms with Gasteiger partial charge in [-0.05, 0) is 79.1 Å². The quantitative estimate of drug-likeness (QED) is 0.235. The van der Waals surface area contributed by atoms with Crippen molar-refractivity contribution in [3.8, 4) is 5.75 Å². The second-order valence-electron chi connectivity index (χ2n) is 13.5. The molecule has 1 atom stereocenters. The predicted octanol–water partition coefficient (Wildman–Crippen LogP) is 8.46. The van der Waals surface area contributed by atoms with Gasteiger partial charge in [0.1, 0.15) is 12.4 Å². The van der Waals surface area contributed by atoms with E-state index < -0.39 is 14.3 Å². The van der Waals surface area contributed by atoms with Gasteiger partial charge in [-0.3, -0.25) is 4.79 Å². The zero-order chi connectivity index (χ0) is 29.8. The largest absolute Gasteiger partial charge is 0.491 e. The maximum Gasteiger partial charge on any atom is 0.317 e. The number of benzene rings is 1. The highest BCUT2D eigenvalue weighted by molar-refractivity contribution is 7.12. The lowest BCUT2D eigenvalue weighted by atomic mass is 9.74. The lowest BCUT2D eigenvalue weighted by Crippen LogP contribution is -2.49. The Labute approximate surface area is 242 Å². The van der Waals surface area contributed by atoms with Crippen LogP contribution in [-0.2, 0) is 21.2 Å². The second kappa shape index (κ2) is 12.9. The molecule has 0 bridgehead atoms. The molecule has 0 saturated heterocycles. The molecule has 2 rings (SSSR count). The van der Waals surface area contributed by atoms with Crippen LogP contribution in [0.4, 0.5) is 0 Å². The molecular formula is C32H53NO4SSi. The molecule has 0 aliphatic carbocycles. The van der Waals surface area contributed by atoms with Gasteiger partial charge in [0.25, 0.3) is 0 Å². The first kappa shape index (κ1) is 33.5. The first-order chi connectivity index (χ1) is 17.9. The molecule has 1 heterocycles. The Bertz CT molecular complexity index is 1110. The van der Waals surface area contributed by atoms with Gasteiger partial charge in [0.15, 0.2) is 8.32 Å². The van der Waals surface area contributed by atoms with Gasteiger partial charge in [-0.2, -0.15) is 0 Å². The number of hydrogen-bond acceptors (Lipinski definition) is 5. The molecule has 39 heavy (non-hydrogen) atoms. The summed E-state index contributed by atoms with van der Waals surface area (Å²) in [6.07, 6.45) is 1.97. The van der Waals surface area contributed by atoms with Crippen LogP contribution >= 0.6 is 11.3 Å². The summed E-state index contributed by atoms with van der Waals surface area (Å²) < 4.78 is 13.3. The molecule has 220 valence electrons. The Morgan fingerprint density at radius 1 is 1.03 bits per heavy atom. The normalized spacial score (nSPS) is 13.9. The number of thiophene rings is 1. The molecule has 1 aromatic carbocycles. The fourth-order valence-corrected chi connectivity index (χ4v) is 7.61. The molecule has 0 aliphatic heterocycles. The summed E-state index contributed by atoms with van der Waals surface area (Å²) in [6, 6.07) is 8.95. The number of aliphatic carboxylic acids is 1. The molecule has 5 nitrogen and oxygen atoms in total. The molecular weight excluding hydrogens is 523 g/mol. The Morgan fingerprint density at radius 3 is 2.13 bits per heavy atom. The minimum absolute atomic E-state index is 0.00472. The van der Waals surface area contributed by atoms with Crippen molar-refractivity contribution in [3.05, 3.63) is 50.7 Å². The third kappa shape index (κ3) is 8.18. The summed E-state index contributed by atoms with van der Waals surface area (Å²) in [4.78, 5) is 13.5. The smallest absolute Gasteiger partial charge is 0.317 e. The van der Waals surface area contributed by atoms with E-state index in [1.165, 1.54) is 20.9 Å². The number of carboxylic acid groups (broad SMARTS) is 1. The molecule has 0 amide bonds.